The van der Waals surface area contributed by atoms with Crippen molar-refractivity contribution in [3.05, 3.63) is 23.8 Å². The molecule has 3 N–H and O–H groups in total. The van der Waals surface area contributed by atoms with E-state index in [1.165, 1.54) is 0 Å². The van der Waals surface area contributed by atoms with Gasteiger partial charge in [-0.2, -0.15) is 0 Å². The van der Waals surface area contributed by atoms with E-state index in [1.54, 1.807) is 11.8 Å². The Morgan fingerprint density at radius 1 is 1.47 bits per heavy atom. The summed E-state index contributed by atoms with van der Waals surface area (Å²) in [6, 6.07) is 5.97. The maximum absolute atomic E-state index is 5.73. The van der Waals surface area contributed by atoms with Gasteiger partial charge in [0.25, 0.3) is 0 Å². The van der Waals surface area contributed by atoms with Crippen LogP contribution < -0.4 is 11.2 Å². The summed E-state index contributed by atoms with van der Waals surface area (Å²) >= 11 is 6.70. The lowest BCUT2D eigenvalue weighted by molar-refractivity contribution is 0.495. The molecule has 1 aromatic rings. The van der Waals surface area contributed by atoms with E-state index in [9.17, 15) is 0 Å². The van der Waals surface area contributed by atoms with Gasteiger partial charge in [-0.15, -0.1) is 11.8 Å². The first-order valence-corrected chi connectivity index (χ1v) is 6.10. The van der Waals surface area contributed by atoms with Gasteiger partial charge >= 0.3 is 0 Å². The van der Waals surface area contributed by atoms with E-state index in [1.807, 2.05) is 43.6 Å². The fraction of sp³-hybridized carbons (Fsp3) is 0.300. The zero-order valence-corrected chi connectivity index (χ0v) is 10.7. The molecule has 1 rings (SSSR count). The Balaban J connectivity index is 3.19. The molecule has 0 fully saturated rings. The molecule has 0 saturated carbocycles. The van der Waals surface area contributed by atoms with E-state index >= 15 is 0 Å². The number of hydrogen-bond donors (Lipinski definition) is 2. The van der Waals surface area contributed by atoms with E-state index in [-0.39, 0.29) is 0 Å². The number of hydrogen-bond acceptors (Lipinski definition) is 4. The van der Waals surface area contributed by atoms with Crippen LogP contribution in [0.2, 0.25) is 0 Å². The summed E-state index contributed by atoms with van der Waals surface area (Å²) in [6.07, 6.45) is 2.01. The van der Waals surface area contributed by atoms with Gasteiger partial charge in [0.2, 0.25) is 0 Å². The van der Waals surface area contributed by atoms with Gasteiger partial charge in [-0.05, 0) is 18.4 Å². The van der Waals surface area contributed by atoms with Crippen LogP contribution in [0.4, 0.5) is 5.69 Å². The number of thiocarbonyl (C=S) groups is 1. The van der Waals surface area contributed by atoms with Crippen molar-refractivity contribution < 1.29 is 0 Å². The Hall–Kier alpha value is -0.780. The monoisotopic (exact) mass is 241 g/mol. The number of anilines is 1. The zero-order chi connectivity index (χ0) is 11.4. The second kappa shape index (κ2) is 5.34. The van der Waals surface area contributed by atoms with E-state index in [0.717, 1.165) is 16.1 Å². The third-order valence-electron chi connectivity index (χ3n) is 1.84. The van der Waals surface area contributed by atoms with Gasteiger partial charge < -0.3 is 11.2 Å². The van der Waals surface area contributed by atoms with Gasteiger partial charge in [-0.1, -0.05) is 18.3 Å². The molecule has 0 radical (unpaired) electrons. The summed E-state index contributed by atoms with van der Waals surface area (Å²) < 4.78 is 0. The van der Waals surface area contributed by atoms with Crippen LogP contribution in [0.5, 0.6) is 0 Å². The highest BCUT2D eigenvalue weighted by Gasteiger charge is 2.10. The van der Waals surface area contributed by atoms with E-state index < -0.39 is 0 Å². The largest absolute Gasteiger partial charge is 0.389 e. The first kappa shape index (κ1) is 12.3. The van der Waals surface area contributed by atoms with Crippen molar-refractivity contribution in [1.82, 2.24) is 5.01 Å². The topological polar surface area (TPSA) is 41.3 Å². The second-order valence-electron chi connectivity index (χ2n) is 3.25. The van der Waals surface area contributed by atoms with Crippen LogP contribution in [0.1, 0.15) is 5.56 Å². The molecule has 0 amide bonds. The fourth-order valence-corrected chi connectivity index (χ4v) is 2.21. The quantitative estimate of drug-likeness (QED) is 0.479. The standard InChI is InChI=1S/C10H15N3S2/c1-13(2)12-7-5-4-6-8(15-3)9(7)10(11)14/h4-6,12H,1-3H3,(H2,11,14). The molecule has 5 heteroatoms. The van der Waals surface area contributed by atoms with Crippen molar-refractivity contribution in [2.75, 3.05) is 25.8 Å². The number of hydrazine groups is 1. The fourth-order valence-electron chi connectivity index (χ4n) is 1.29. The Bertz CT molecular complexity index is 364. The molecule has 0 heterocycles. The number of nitrogens with zero attached hydrogens (tertiary/aromatic N) is 1. The number of nitrogens with two attached hydrogens (primary N) is 1. The smallest absolute Gasteiger partial charge is 0.107 e. The molecule has 15 heavy (non-hydrogen) atoms. The molecular weight excluding hydrogens is 226 g/mol. The lowest BCUT2D eigenvalue weighted by atomic mass is 10.2. The average Bonchev–Trinajstić information content (AvgIpc) is 2.15. The normalized spacial score (nSPS) is 10.4. The molecule has 0 atom stereocenters. The van der Waals surface area contributed by atoms with Gasteiger partial charge in [0.15, 0.2) is 0 Å². The lowest BCUT2D eigenvalue weighted by Gasteiger charge is -2.18. The first-order valence-electron chi connectivity index (χ1n) is 4.47. The Morgan fingerprint density at radius 2 is 2.13 bits per heavy atom. The maximum Gasteiger partial charge on any atom is 0.107 e. The summed E-state index contributed by atoms with van der Waals surface area (Å²) in [5.74, 6) is 0. The SMILES string of the molecule is CSc1cccc(NN(C)C)c1C(N)=S. The Labute approximate surface area is 100.0 Å². The molecule has 0 aliphatic carbocycles. The highest BCUT2D eigenvalue weighted by molar-refractivity contribution is 7.98. The summed E-state index contributed by atoms with van der Waals surface area (Å²) in [5, 5.41) is 1.86. The van der Waals surface area contributed by atoms with Gasteiger partial charge in [-0.3, -0.25) is 0 Å². The molecule has 3 nitrogen and oxygen atoms in total. The third kappa shape index (κ3) is 3.09. The number of benzene rings is 1. The van der Waals surface area contributed by atoms with Crippen molar-refractivity contribution >= 4 is 34.7 Å². The highest BCUT2D eigenvalue weighted by Crippen LogP contribution is 2.27. The number of thioether (sulfide) groups is 1. The van der Waals surface area contributed by atoms with E-state index in [4.69, 9.17) is 18.0 Å². The van der Waals surface area contributed by atoms with Crippen LogP contribution in [0, 0.1) is 0 Å². The van der Waals surface area contributed by atoms with Crippen molar-refractivity contribution in [1.29, 1.82) is 0 Å². The molecule has 0 saturated heterocycles. The summed E-state index contributed by atoms with van der Waals surface area (Å²) in [4.78, 5) is 1.51. The lowest BCUT2D eigenvalue weighted by Crippen LogP contribution is -2.23. The Morgan fingerprint density at radius 3 is 2.60 bits per heavy atom. The third-order valence-corrected chi connectivity index (χ3v) is 2.82. The molecule has 1 aromatic carbocycles. The zero-order valence-electron chi connectivity index (χ0n) is 9.07. The molecule has 0 unspecified atom stereocenters. The minimum absolute atomic E-state index is 0.421. The van der Waals surface area contributed by atoms with Crippen LogP contribution in [-0.4, -0.2) is 30.3 Å². The van der Waals surface area contributed by atoms with Gasteiger partial charge in [0.1, 0.15) is 4.99 Å². The van der Waals surface area contributed by atoms with Crippen LogP contribution in [0.25, 0.3) is 0 Å². The molecule has 0 aliphatic rings. The van der Waals surface area contributed by atoms with Crippen LogP contribution in [0.15, 0.2) is 23.1 Å². The first-order chi connectivity index (χ1) is 7.06. The molecule has 0 aliphatic heterocycles. The predicted octanol–water partition coefficient (Wildman–Crippen LogP) is 1.93. The summed E-state index contributed by atoms with van der Waals surface area (Å²) in [6.45, 7) is 0. The van der Waals surface area contributed by atoms with Gasteiger partial charge in [0, 0.05) is 24.6 Å². The van der Waals surface area contributed by atoms with Gasteiger partial charge in [0.05, 0.1) is 5.69 Å². The molecule has 0 bridgehead atoms. The van der Waals surface area contributed by atoms with Crippen molar-refractivity contribution in [3.8, 4) is 0 Å². The molecule has 0 aromatic heterocycles. The second-order valence-corrected chi connectivity index (χ2v) is 4.54. The van der Waals surface area contributed by atoms with E-state index in [2.05, 4.69) is 5.43 Å². The van der Waals surface area contributed by atoms with Crippen molar-refractivity contribution in [2.24, 2.45) is 5.73 Å². The minimum Gasteiger partial charge on any atom is -0.389 e. The van der Waals surface area contributed by atoms with Gasteiger partial charge in [-0.25, -0.2) is 5.01 Å². The van der Waals surface area contributed by atoms with Crippen LogP contribution >= 0.6 is 24.0 Å². The summed E-state index contributed by atoms with van der Waals surface area (Å²) in [7, 11) is 3.85. The number of rotatable bonds is 4. The van der Waals surface area contributed by atoms with Crippen molar-refractivity contribution in [3.63, 3.8) is 0 Å². The average molecular weight is 241 g/mol. The van der Waals surface area contributed by atoms with Crippen LogP contribution in [-0.2, 0) is 0 Å². The molecular formula is C10H15N3S2. The highest BCUT2D eigenvalue weighted by atomic mass is 32.2. The predicted molar refractivity (Wildman–Crippen MR) is 71.4 cm³/mol. The molecule has 0 spiro atoms. The summed E-state index contributed by atoms with van der Waals surface area (Å²) in [5.41, 5.74) is 10.8. The maximum atomic E-state index is 5.73. The minimum atomic E-state index is 0.421. The molecule has 82 valence electrons. The van der Waals surface area contributed by atoms with Crippen molar-refractivity contribution in [2.45, 2.75) is 4.90 Å². The number of nitrogens with one attached hydrogen (secondary N) is 1. The van der Waals surface area contributed by atoms with Crippen LogP contribution in [0.3, 0.4) is 0 Å². The van der Waals surface area contributed by atoms with E-state index in [0.29, 0.717) is 4.99 Å². The Kier molecular flexibility index (Phi) is 4.38.